The van der Waals surface area contributed by atoms with Crippen LogP contribution >= 0.6 is 0 Å². The highest BCUT2D eigenvalue weighted by atomic mass is 16.5. The van der Waals surface area contributed by atoms with Crippen LogP contribution in [0.3, 0.4) is 0 Å². The molecule has 5 nitrogen and oxygen atoms in total. The number of anilines is 1. The Labute approximate surface area is 163 Å². The standard InChI is InChI=1S/C23H21N3O2/c24-23-14-22(25-26-23)19-11-20(27-15-17-7-3-1-4-8-17)13-21(12-19)28-16-18-9-5-2-6-10-18/h1-14H,15-16H2,(H3,24,25,26). The van der Waals surface area contributed by atoms with E-state index < -0.39 is 0 Å². The van der Waals surface area contributed by atoms with Gasteiger partial charge in [0.2, 0.25) is 0 Å². The third-order valence-corrected chi connectivity index (χ3v) is 4.29. The van der Waals surface area contributed by atoms with Crippen molar-refractivity contribution in [2.45, 2.75) is 13.2 Å². The fourth-order valence-electron chi connectivity index (χ4n) is 2.86. The van der Waals surface area contributed by atoms with Gasteiger partial charge in [-0.1, -0.05) is 60.7 Å². The molecule has 0 bridgehead atoms. The molecule has 0 fully saturated rings. The summed E-state index contributed by atoms with van der Waals surface area (Å²) in [5.41, 5.74) is 9.67. The average molecular weight is 371 g/mol. The molecule has 1 heterocycles. The molecule has 3 N–H and O–H groups in total. The van der Waals surface area contributed by atoms with Crippen molar-refractivity contribution in [3.8, 4) is 22.8 Å². The van der Waals surface area contributed by atoms with Crippen LogP contribution in [0.2, 0.25) is 0 Å². The van der Waals surface area contributed by atoms with Crippen molar-refractivity contribution in [2.24, 2.45) is 0 Å². The Balaban J connectivity index is 1.57. The Morgan fingerprint density at radius 1 is 0.714 bits per heavy atom. The Morgan fingerprint density at radius 3 is 1.71 bits per heavy atom. The number of benzene rings is 3. The van der Waals surface area contributed by atoms with E-state index in [1.165, 1.54) is 0 Å². The molecule has 5 heteroatoms. The first-order chi connectivity index (χ1) is 13.8. The molecule has 0 atom stereocenters. The summed E-state index contributed by atoms with van der Waals surface area (Å²) in [6.45, 7) is 0.959. The van der Waals surface area contributed by atoms with Crippen molar-refractivity contribution in [3.63, 3.8) is 0 Å². The maximum atomic E-state index is 6.01. The number of hydrogen-bond acceptors (Lipinski definition) is 4. The summed E-state index contributed by atoms with van der Waals surface area (Å²) >= 11 is 0. The highest BCUT2D eigenvalue weighted by Gasteiger charge is 2.08. The molecule has 0 aliphatic rings. The highest BCUT2D eigenvalue weighted by molar-refractivity contribution is 5.66. The fourth-order valence-corrected chi connectivity index (χ4v) is 2.86. The third kappa shape index (κ3) is 4.51. The van der Waals surface area contributed by atoms with Gasteiger partial charge in [0.15, 0.2) is 0 Å². The van der Waals surface area contributed by atoms with Gasteiger partial charge in [0.05, 0.1) is 5.69 Å². The second-order valence-corrected chi connectivity index (χ2v) is 6.45. The number of ether oxygens (including phenoxy) is 2. The van der Waals surface area contributed by atoms with Crippen molar-refractivity contribution in [3.05, 3.63) is 96.1 Å². The molecule has 0 spiro atoms. The van der Waals surface area contributed by atoms with E-state index in [-0.39, 0.29) is 0 Å². The second-order valence-electron chi connectivity index (χ2n) is 6.45. The van der Waals surface area contributed by atoms with Gasteiger partial charge in [0.1, 0.15) is 30.5 Å². The van der Waals surface area contributed by atoms with Crippen molar-refractivity contribution in [1.29, 1.82) is 0 Å². The van der Waals surface area contributed by atoms with E-state index in [9.17, 15) is 0 Å². The number of H-pyrrole nitrogens is 1. The number of nitrogen functional groups attached to an aromatic ring is 1. The van der Waals surface area contributed by atoms with Crippen LogP contribution in [0, 0.1) is 0 Å². The molecule has 0 amide bonds. The summed E-state index contributed by atoms with van der Waals surface area (Å²) < 4.78 is 12.0. The minimum Gasteiger partial charge on any atom is -0.489 e. The molecule has 0 radical (unpaired) electrons. The molecule has 4 rings (SSSR count). The summed E-state index contributed by atoms with van der Waals surface area (Å²) in [6, 6.07) is 27.7. The van der Waals surface area contributed by atoms with E-state index in [1.807, 2.05) is 78.9 Å². The van der Waals surface area contributed by atoms with Gasteiger partial charge in [0.25, 0.3) is 0 Å². The average Bonchev–Trinajstić information content (AvgIpc) is 3.19. The molecule has 0 unspecified atom stereocenters. The van der Waals surface area contributed by atoms with Gasteiger partial charge in [-0.3, -0.25) is 5.10 Å². The van der Waals surface area contributed by atoms with E-state index in [1.54, 1.807) is 6.07 Å². The molecule has 140 valence electrons. The van der Waals surface area contributed by atoms with E-state index in [0.29, 0.717) is 19.0 Å². The smallest absolute Gasteiger partial charge is 0.145 e. The summed E-state index contributed by atoms with van der Waals surface area (Å²) in [6.07, 6.45) is 0. The number of nitrogens with two attached hydrogens (primary N) is 1. The van der Waals surface area contributed by atoms with E-state index in [0.717, 1.165) is 33.9 Å². The van der Waals surface area contributed by atoms with Crippen LogP contribution in [-0.2, 0) is 13.2 Å². The van der Waals surface area contributed by atoms with E-state index >= 15 is 0 Å². The number of rotatable bonds is 7. The van der Waals surface area contributed by atoms with Crippen molar-refractivity contribution >= 4 is 5.82 Å². The molecule has 0 aliphatic carbocycles. The topological polar surface area (TPSA) is 73.2 Å². The number of aromatic nitrogens is 2. The lowest BCUT2D eigenvalue weighted by atomic mass is 10.1. The quantitative estimate of drug-likeness (QED) is 0.489. The van der Waals surface area contributed by atoms with Gasteiger partial charge in [-0.15, -0.1) is 0 Å². The zero-order valence-corrected chi connectivity index (χ0v) is 15.3. The molecular weight excluding hydrogens is 350 g/mol. The number of hydrogen-bond donors (Lipinski definition) is 2. The Hall–Kier alpha value is -3.73. The first-order valence-corrected chi connectivity index (χ1v) is 9.06. The number of nitrogens with zero attached hydrogens (tertiary/aromatic N) is 1. The number of nitrogens with one attached hydrogen (secondary N) is 1. The summed E-state index contributed by atoms with van der Waals surface area (Å²) in [5, 5.41) is 6.95. The highest BCUT2D eigenvalue weighted by Crippen LogP contribution is 2.30. The first-order valence-electron chi connectivity index (χ1n) is 9.06. The molecule has 1 aromatic heterocycles. The van der Waals surface area contributed by atoms with Crippen LogP contribution in [0.4, 0.5) is 5.82 Å². The molecule has 28 heavy (non-hydrogen) atoms. The second kappa shape index (κ2) is 8.31. The molecular formula is C23H21N3O2. The predicted molar refractivity (Wildman–Crippen MR) is 110 cm³/mol. The van der Waals surface area contributed by atoms with E-state index in [2.05, 4.69) is 10.2 Å². The van der Waals surface area contributed by atoms with Gasteiger partial charge in [0, 0.05) is 17.7 Å². The largest absolute Gasteiger partial charge is 0.489 e. The van der Waals surface area contributed by atoms with Gasteiger partial charge in [-0.05, 0) is 23.3 Å². The van der Waals surface area contributed by atoms with Gasteiger partial charge >= 0.3 is 0 Å². The van der Waals surface area contributed by atoms with Crippen LogP contribution in [0.1, 0.15) is 11.1 Å². The fraction of sp³-hybridized carbons (Fsp3) is 0.0870. The minimum absolute atomic E-state index is 0.442. The monoisotopic (exact) mass is 371 g/mol. The molecule has 0 saturated carbocycles. The Bertz CT molecular complexity index is 968. The number of aromatic amines is 1. The summed E-state index contributed by atoms with van der Waals surface area (Å²) in [4.78, 5) is 0. The maximum Gasteiger partial charge on any atom is 0.145 e. The Morgan fingerprint density at radius 2 is 1.25 bits per heavy atom. The van der Waals surface area contributed by atoms with Crippen LogP contribution < -0.4 is 15.2 Å². The lowest BCUT2D eigenvalue weighted by Gasteiger charge is -2.12. The van der Waals surface area contributed by atoms with Crippen molar-refractivity contribution < 1.29 is 9.47 Å². The molecule has 3 aromatic carbocycles. The molecule has 4 aromatic rings. The van der Waals surface area contributed by atoms with Crippen molar-refractivity contribution in [2.75, 3.05) is 5.73 Å². The van der Waals surface area contributed by atoms with Crippen molar-refractivity contribution in [1.82, 2.24) is 10.2 Å². The molecule has 0 aliphatic heterocycles. The normalized spacial score (nSPS) is 10.6. The van der Waals surface area contributed by atoms with Gasteiger partial charge in [-0.2, -0.15) is 5.10 Å². The van der Waals surface area contributed by atoms with Crippen LogP contribution in [-0.4, -0.2) is 10.2 Å². The SMILES string of the molecule is Nc1cc(-c2cc(OCc3ccccc3)cc(OCc3ccccc3)c2)[nH]n1. The maximum absolute atomic E-state index is 6.01. The van der Waals surface area contributed by atoms with Crippen LogP contribution in [0.15, 0.2) is 84.9 Å². The van der Waals surface area contributed by atoms with Crippen LogP contribution in [0.25, 0.3) is 11.3 Å². The predicted octanol–water partition coefficient (Wildman–Crippen LogP) is 4.82. The lowest BCUT2D eigenvalue weighted by Crippen LogP contribution is -1.98. The minimum atomic E-state index is 0.442. The van der Waals surface area contributed by atoms with Crippen LogP contribution in [0.5, 0.6) is 11.5 Å². The zero-order chi connectivity index (χ0) is 19.2. The van der Waals surface area contributed by atoms with Gasteiger partial charge < -0.3 is 15.2 Å². The third-order valence-electron chi connectivity index (χ3n) is 4.29. The van der Waals surface area contributed by atoms with E-state index in [4.69, 9.17) is 15.2 Å². The lowest BCUT2D eigenvalue weighted by molar-refractivity contribution is 0.290. The summed E-state index contributed by atoms with van der Waals surface area (Å²) in [5.74, 6) is 1.88. The summed E-state index contributed by atoms with van der Waals surface area (Å²) in [7, 11) is 0. The van der Waals surface area contributed by atoms with Gasteiger partial charge in [-0.25, -0.2) is 0 Å². The molecule has 0 saturated heterocycles. The first kappa shape index (κ1) is 17.7. The zero-order valence-electron chi connectivity index (χ0n) is 15.3. The Kier molecular flexibility index (Phi) is 5.24.